The van der Waals surface area contributed by atoms with Crippen molar-refractivity contribution in [2.24, 2.45) is 0 Å². The highest BCUT2D eigenvalue weighted by molar-refractivity contribution is 5.91. The number of rotatable bonds is 3. The normalized spacial score (nSPS) is 20.5. The third-order valence-electron chi connectivity index (χ3n) is 4.43. The molecule has 2 atom stereocenters. The first-order chi connectivity index (χ1) is 11.7. The zero-order chi connectivity index (χ0) is 16.5. The molecule has 6 nitrogen and oxygen atoms in total. The monoisotopic (exact) mass is 323 g/mol. The highest BCUT2D eigenvalue weighted by Crippen LogP contribution is 2.39. The highest BCUT2D eigenvalue weighted by Gasteiger charge is 2.40. The fourth-order valence-electron chi connectivity index (χ4n) is 3.28. The molecule has 0 N–H and O–H groups in total. The van der Waals surface area contributed by atoms with Crippen molar-refractivity contribution in [2.75, 3.05) is 13.1 Å². The number of carbonyl (C=O) groups excluding carboxylic acids is 1. The summed E-state index contributed by atoms with van der Waals surface area (Å²) < 4.78 is 10.6. The van der Waals surface area contributed by atoms with Gasteiger partial charge in [-0.2, -0.15) is 4.98 Å². The molecule has 1 aromatic carbocycles. The number of carbonyl (C=O) groups is 1. The predicted octanol–water partition coefficient (Wildman–Crippen LogP) is 2.99. The predicted molar refractivity (Wildman–Crippen MR) is 85.6 cm³/mol. The van der Waals surface area contributed by atoms with Gasteiger partial charge in [-0.25, -0.2) is 0 Å². The number of hydrogen-bond donors (Lipinski definition) is 0. The standard InChI is InChI=1S/C18H17N3O3/c1-12-19-17(24-20-12)15-11-21(18(22)16-8-5-9-23-16)10-14(15)13-6-3-2-4-7-13/h2-9,14-15H,10-11H2,1H3. The van der Waals surface area contributed by atoms with E-state index in [2.05, 4.69) is 22.3 Å². The Labute approximate surface area is 139 Å². The van der Waals surface area contributed by atoms with Gasteiger partial charge in [0.15, 0.2) is 11.6 Å². The molecule has 24 heavy (non-hydrogen) atoms. The van der Waals surface area contributed by atoms with Crippen LogP contribution in [0.15, 0.2) is 57.7 Å². The maximum atomic E-state index is 12.6. The summed E-state index contributed by atoms with van der Waals surface area (Å²) in [6.45, 7) is 2.92. The van der Waals surface area contributed by atoms with Gasteiger partial charge in [-0.15, -0.1) is 0 Å². The number of likely N-dealkylation sites (tertiary alicyclic amines) is 1. The van der Waals surface area contributed by atoms with Crippen molar-refractivity contribution in [3.8, 4) is 0 Å². The van der Waals surface area contributed by atoms with Crippen LogP contribution >= 0.6 is 0 Å². The van der Waals surface area contributed by atoms with E-state index in [1.54, 1.807) is 24.0 Å². The molecule has 1 saturated heterocycles. The fraction of sp³-hybridized carbons (Fsp3) is 0.278. The largest absolute Gasteiger partial charge is 0.459 e. The highest BCUT2D eigenvalue weighted by atomic mass is 16.5. The lowest BCUT2D eigenvalue weighted by molar-refractivity contribution is 0.0756. The minimum atomic E-state index is -0.111. The van der Waals surface area contributed by atoms with Gasteiger partial charge in [0.1, 0.15) is 0 Å². The summed E-state index contributed by atoms with van der Waals surface area (Å²) in [5.74, 6) is 1.52. The van der Waals surface area contributed by atoms with E-state index in [1.165, 1.54) is 6.26 Å². The summed E-state index contributed by atoms with van der Waals surface area (Å²) >= 11 is 0. The van der Waals surface area contributed by atoms with Crippen molar-refractivity contribution in [2.45, 2.75) is 18.8 Å². The Balaban J connectivity index is 1.66. The van der Waals surface area contributed by atoms with E-state index in [1.807, 2.05) is 18.2 Å². The fourth-order valence-corrected chi connectivity index (χ4v) is 3.28. The summed E-state index contributed by atoms with van der Waals surface area (Å²) in [7, 11) is 0. The molecule has 6 heteroatoms. The molecule has 3 heterocycles. The first-order valence-electron chi connectivity index (χ1n) is 7.90. The maximum Gasteiger partial charge on any atom is 0.289 e. The number of aryl methyl sites for hydroxylation is 1. The smallest absolute Gasteiger partial charge is 0.289 e. The Morgan fingerprint density at radius 2 is 1.92 bits per heavy atom. The minimum Gasteiger partial charge on any atom is -0.459 e. The first kappa shape index (κ1) is 14.7. The Morgan fingerprint density at radius 3 is 2.58 bits per heavy atom. The van der Waals surface area contributed by atoms with Gasteiger partial charge in [0, 0.05) is 19.0 Å². The van der Waals surface area contributed by atoms with Gasteiger partial charge in [-0.1, -0.05) is 35.5 Å². The van der Waals surface area contributed by atoms with E-state index < -0.39 is 0 Å². The van der Waals surface area contributed by atoms with Crippen LogP contribution in [-0.4, -0.2) is 34.0 Å². The van der Waals surface area contributed by atoms with Crippen molar-refractivity contribution < 1.29 is 13.7 Å². The molecule has 4 rings (SSSR count). The van der Waals surface area contributed by atoms with Crippen molar-refractivity contribution in [3.05, 3.63) is 71.8 Å². The lowest BCUT2D eigenvalue weighted by Crippen LogP contribution is -2.28. The second-order valence-electron chi connectivity index (χ2n) is 5.99. The summed E-state index contributed by atoms with van der Waals surface area (Å²) in [5.41, 5.74) is 1.16. The van der Waals surface area contributed by atoms with Crippen LogP contribution in [0.3, 0.4) is 0 Å². The molecule has 0 saturated carbocycles. The number of benzene rings is 1. The quantitative estimate of drug-likeness (QED) is 0.741. The second kappa shape index (κ2) is 5.96. The van der Waals surface area contributed by atoms with Gasteiger partial charge in [0.2, 0.25) is 5.89 Å². The SMILES string of the molecule is Cc1noc(C2CN(C(=O)c3ccco3)CC2c2ccccc2)n1. The molecule has 1 aliphatic rings. The molecule has 1 amide bonds. The van der Waals surface area contributed by atoms with Crippen LogP contribution in [0.4, 0.5) is 0 Å². The van der Waals surface area contributed by atoms with Crippen molar-refractivity contribution in [1.82, 2.24) is 15.0 Å². The molecule has 0 bridgehead atoms. The maximum absolute atomic E-state index is 12.6. The number of hydrogen-bond acceptors (Lipinski definition) is 5. The molecule has 3 aromatic rings. The average molecular weight is 323 g/mol. The Morgan fingerprint density at radius 1 is 1.12 bits per heavy atom. The molecule has 1 fully saturated rings. The zero-order valence-electron chi connectivity index (χ0n) is 13.3. The summed E-state index contributed by atoms with van der Waals surface area (Å²) in [5, 5.41) is 3.90. The summed E-state index contributed by atoms with van der Waals surface area (Å²) in [6.07, 6.45) is 1.51. The van der Waals surface area contributed by atoms with E-state index in [-0.39, 0.29) is 17.7 Å². The summed E-state index contributed by atoms with van der Waals surface area (Å²) in [6, 6.07) is 13.5. The van der Waals surface area contributed by atoms with Crippen molar-refractivity contribution in [1.29, 1.82) is 0 Å². The van der Waals surface area contributed by atoms with Gasteiger partial charge in [-0.3, -0.25) is 4.79 Å². The van der Waals surface area contributed by atoms with Crippen molar-refractivity contribution >= 4 is 5.91 Å². The molecule has 122 valence electrons. The number of aromatic nitrogens is 2. The van der Waals surface area contributed by atoms with Gasteiger partial charge < -0.3 is 13.8 Å². The Hall–Kier alpha value is -2.89. The number of furan rings is 1. The van der Waals surface area contributed by atoms with Crippen LogP contribution in [0, 0.1) is 6.92 Å². The minimum absolute atomic E-state index is 0.0208. The lowest BCUT2D eigenvalue weighted by atomic mass is 9.89. The Kier molecular flexibility index (Phi) is 3.65. The second-order valence-corrected chi connectivity index (χ2v) is 5.99. The number of nitrogens with zero attached hydrogens (tertiary/aromatic N) is 3. The van der Waals surface area contributed by atoms with Crippen LogP contribution in [0.5, 0.6) is 0 Å². The topological polar surface area (TPSA) is 72.4 Å². The first-order valence-corrected chi connectivity index (χ1v) is 7.90. The molecular formula is C18H17N3O3. The molecule has 2 aromatic heterocycles. The third kappa shape index (κ3) is 2.60. The Bertz CT molecular complexity index is 826. The van der Waals surface area contributed by atoms with Gasteiger partial charge in [0.25, 0.3) is 5.91 Å². The third-order valence-corrected chi connectivity index (χ3v) is 4.43. The van der Waals surface area contributed by atoms with Crippen molar-refractivity contribution in [3.63, 3.8) is 0 Å². The van der Waals surface area contributed by atoms with E-state index in [4.69, 9.17) is 8.94 Å². The van der Waals surface area contributed by atoms with Crippen LogP contribution in [0.25, 0.3) is 0 Å². The van der Waals surface area contributed by atoms with Gasteiger partial charge >= 0.3 is 0 Å². The summed E-state index contributed by atoms with van der Waals surface area (Å²) in [4.78, 5) is 18.8. The number of amides is 1. The van der Waals surface area contributed by atoms with E-state index in [0.29, 0.717) is 30.6 Å². The van der Waals surface area contributed by atoms with E-state index >= 15 is 0 Å². The van der Waals surface area contributed by atoms with E-state index in [9.17, 15) is 4.79 Å². The molecule has 1 aliphatic heterocycles. The zero-order valence-corrected chi connectivity index (χ0v) is 13.3. The molecule has 0 aliphatic carbocycles. The molecule has 2 unspecified atom stereocenters. The van der Waals surface area contributed by atoms with Crippen LogP contribution in [-0.2, 0) is 0 Å². The van der Waals surface area contributed by atoms with Crippen LogP contribution in [0.1, 0.15) is 39.7 Å². The van der Waals surface area contributed by atoms with Crippen LogP contribution in [0.2, 0.25) is 0 Å². The molecule has 0 radical (unpaired) electrons. The molecular weight excluding hydrogens is 306 g/mol. The lowest BCUT2D eigenvalue weighted by Gasteiger charge is -2.15. The van der Waals surface area contributed by atoms with Gasteiger partial charge in [0.05, 0.1) is 12.2 Å². The molecule has 0 spiro atoms. The van der Waals surface area contributed by atoms with Gasteiger partial charge in [-0.05, 0) is 24.6 Å². The van der Waals surface area contributed by atoms with E-state index in [0.717, 1.165) is 5.56 Å². The average Bonchev–Trinajstić information content (AvgIpc) is 3.35. The van der Waals surface area contributed by atoms with Crippen LogP contribution < -0.4 is 0 Å².